The molecule has 0 heterocycles. The Morgan fingerprint density at radius 3 is 2.21 bits per heavy atom. The number of esters is 1. The van der Waals surface area contributed by atoms with Crippen molar-refractivity contribution >= 4 is 23.5 Å². The first-order valence-electron chi connectivity index (χ1n) is 10.1. The highest BCUT2D eigenvalue weighted by atomic mass is 32.2. The number of unbranched alkanes of at least 4 members (excludes halogenated alkanes) is 1. The van der Waals surface area contributed by atoms with E-state index in [-0.39, 0.29) is 17.5 Å². The van der Waals surface area contributed by atoms with Gasteiger partial charge in [0.25, 0.3) is 0 Å². The molecule has 4 heteroatoms. The molecule has 0 aliphatic heterocycles. The van der Waals surface area contributed by atoms with Crippen molar-refractivity contribution in [3.05, 3.63) is 71.8 Å². The van der Waals surface area contributed by atoms with E-state index in [9.17, 15) is 9.59 Å². The summed E-state index contributed by atoms with van der Waals surface area (Å²) in [6, 6.07) is 18.9. The number of carbonyl (C=O) groups is 2. The average molecular weight is 399 g/mol. The van der Waals surface area contributed by atoms with Gasteiger partial charge in [-0.2, -0.15) is 0 Å². The van der Waals surface area contributed by atoms with E-state index in [1.807, 2.05) is 60.7 Å². The number of rotatable bonds is 12. The van der Waals surface area contributed by atoms with E-state index in [0.717, 1.165) is 31.2 Å². The molecular formula is C24H30O3S. The van der Waals surface area contributed by atoms with Crippen LogP contribution < -0.4 is 0 Å². The van der Waals surface area contributed by atoms with E-state index < -0.39 is 5.25 Å². The lowest BCUT2D eigenvalue weighted by Gasteiger charge is -2.17. The summed E-state index contributed by atoms with van der Waals surface area (Å²) in [7, 11) is 0. The largest absolute Gasteiger partial charge is 0.465 e. The summed E-state index contributed by atoms with van der Waals surface area (Å²) < 4.78 is 5.49. The minimum atomic E-state index is -0.418. The number of carbonyl (C=O) groups excluding carboxylic acids is 2. The third-order valence-corrected chi connectivity index (χ3v) is 6.01. The Morgan fingerprint density at radius 1 is 0.964 bits per heavy atom. The van der Waals surface area contributed by atoms with Crippen LogP contribution in [0.15, 0.2) is 60.7 Å². The first-order valence-corrected chi connectivity index (χ1v) is 11.1. The molecule has 2 rings (SSSR count). The summed E-state index contributed by atoms with van der Waals surface area (Å²) in [4.78, 5) is 25.3. The second-order valence-corrected chi connectivity index (χ2v) is 8.02. The van der Waals surface area contributed by atoms with Crippen LogP contribution in [0.4, 0.5) is 0 Å². The second-order valence-electron chi connectivity index (χ2n) is 6.93. The van der Waals surface area contributed by atoms with E-state index in [1.165, 1.54) is 11.8 Å². The van der Waals surface area contributed by atoms with Crippen molar-refractivity contribution in [2.24, 2.45) is 5.92 Å². The van der Waals surface area contributed by atoms with Gasteiger partial charge in [0, 0.05) is 5.56 Å². The van der Waals surface area contributed by atoms with E-state index in [4.69, 9.17) is 4.74 Å². The van der Waals surface area contributed by atoms with Gasteiger partial charge in [-0.1, -0.05) is 93.8 Å². The minimum absolute atomic E-state index is 0.0129. The van der Waals surface area contributed by atoms with Gasteiger partial charge in [-0.05, 0) is 17.9 Å². The number of Topliss-reactive ketones (excluding diaryl/α,β-unsaturated/α-hetero) is 1. The maximum absolute atomic E-state index is 13.0. The van der Waals surface area contributed by atoms with Gasteiger partial charge in [0.15, 0.2) is 5.78 Å². The van der Waals surface area contributed by atoms with Crippen LogP contribution in [-0.2, 0) is 9.53 Å². The SMILES string of the molecule is CCCC[C@@H](CC)COC(=O)CS[C@@H](C(=O)c1ccccc1)c1ccccc1. The third kappa shape index (κ3) is 7.16. The zero-order chi connectivity index (χ0) is 20.2. The predicted octanol–water partition coefficient (Wildman–Crippen LogP) is 6.10. The molecule has 0 saturated heterocycles. The molecule has 0 spiro atoms. The third-order valence-electron chi connectivity index (χ3n) is 4.79. The minimum Gasteiger partial charge on any atom is -0.465 e. The maximum atomic E-state index is 13.0. The zero-order valence-corrected chi connectivity index (χ0v) is 17.6. The molecular weight excluding hydrogens is 368 g/mol. The van der Waals surface area contributed by atoms with Crippen molar-refractivity contribution in [3.8, 4) is 0 Å². The average Bonchev–Trinajstić information content (AvgIpc) is 2.75. The Kier molecular flexibility index (Phi) is 9.84. The number of thioether (sulfide) groups is 1. The molecule has 2 aromatic carbocycles. The predicted molar refractivity (Wildman–Crippen MR) is 117 cm³/mol. The maximum Gasteiger partial charge on any atom is 0.315 e. The monoisotopic (exact) mass is 398 g/mol. The Hall–Kier alpha value is -2.07. The van der Waals surface area contributed by atoms with Crippen LogP contribution in [0.25, 0.3) is 0 Å². The van der Waals surface area contributed by atoms with Crippen LogP contribution >= 0.6 is 11.8 Å². The fourth-order valence-corrected chi connectivity index (χ4v) is 4.03. The lowest BCUT2D eigenvalue weighted by molar-refractivity contribution is -0.141. The van der Waals surface area contributed by atoms with Crippen molar-refractivity contribution in [1.29, 1.82) is 0 Å². The highest BCUT2D eigenvalue weighted by Gasteiger charge is 2.24. The summed E-state index contributed by atoms with van der Waals surface area (Å²) in [6.07, 6.45) is 4.42. The Bertz CT molecular complexity index is 715. The van der Waals surface area contributed by atoms with E-state index >= 15 is 0 Å². The lowest BCUT2D eigenvalue weighted by Crippen LogP contribution is -2.17. The smallest absolute Gasteiger partial charge is 0.315 e. The molecule has 0 radical (unpaired) electrons. The molecule has 2 aromatic rings. The molecule has 150 valence electrons. The summed E-state index contributed by atoms with van der Waals surface area (Å²) in [5.74, 6) is 0.355. The van der Waals surface area contributed by atoms with E-state index in [1.54, 1.807) is 0 Å². The van der Waals surface area contributed by atoms with Crippen LogP contribution in [0.5, 0.6) is 0 Å². The van der Waals surface area contributed by atoms with Crippen molar-refractivity contribution in [2.75, 3.05) is 12.4 Å². The normalized spacial score (nSPS) is 12.9. The highest BCUT2D eigenvalue weighted by Crippen LogP contribution is 2.32. The Labute approximate surface area is 172 Å². The Morgan fingerprint density at radius 2 is 1.61 bits per heavy atom. The molecule has 0 amide bonds. The highest BCUT2D eigenvalue weighted by molar-refractivity contribution is 8.00. The fraction of sp³-hybridized carbons (Fsp3) is 0.417. The zero-order valence-electron chi connectivity index (χ0n) is 16.8. The number of ether oxygens (including phenoxy) is 1. The molecule has 0 bridgehead atoms. The van der Waals surface area contributed by atoms with Crippen LogP contribution in [0.3, 0.4) is 0 Å². The summed E-state index contributed by atoms with van der Waals surface area (Å²) in [5, 5.41) is -0.418. The van der Waals surface area contributed by atoms with E-state index in [0.29, 0.717) is 18.1 Å². The molecule has 2 atom stereocenters. The van der Waals surface area contributed by atoms with Gasteiger partial charge in [-0.15, -0.1) is 11.8 Å². The lowest BCUT2D eigenvalue weighted by atomic mass is 10.0. The van der Waals surface area contributed by atoms with Crippen molar-refractivity contribution < 1.29 is 14.3 Å². The standard InChI is InChI=1S/C24H30O3S/c1-3-5-12-19(4-2)17-27-22(25)18-28-24(21-15-10-7-11-16-21)23(26)20-13-8-6-9-14-20/h6-11,13-16,19,24H,3-5,12,17-18H2,1-2H3/t19-,24-/m1/s1. The molecule has 0 fully saturated rings. The number of hydrogen-bond donors (Lipinski definition) is 0. The fourth-order valence-electron chi connectivity index (χ4n) is 3.01. The van der Waals surface area contributed by atoms with Gasteiger partial charge >= 0.3 is 5.97 Å². The second kappa shape index (κ2) is 12.4. The van der Waals surface area contributed by atoms with Crippen LogP contribution in [0.2, 0.25) is 0 Å². The van der Waals surface area contributed by atoms with Gasteiger partial charge in [0.05, 0.1) is 17.6 Å². The Balaban J connectivity index is 1.97. The summed E-state index contributed by atoms with van der Waals surface area (Å²) in [6.45, 7) is 4.77. The number of benzene rings is 2. The van der Waals surface area contributed by atoms with Crippen molar-refractivity contribution in [1.82, 2.24) is 0 Å². The van der Waals surface area contributed by atoms with Crippen LogP contribution in [-0.4, -0.2) is 24.1 Å². The van der Waals surface area contributed by atoms with Gasteiger partial charge in [-0.25, -0.2) is 0 Å². The molecule has 0 aliphatic carbocycles. The van der Waals surface area contributed by atoms with Crippen molar-refractivity contribution in [2.45, 2.75) is 44.8 Å². The summed E-state index contributed by atoms with van der Waals surface area (Å²) >= 11 is 1.34. The first-order chi connectivity index (χ1) is 13.7. The van der Waals surface area contributed by atoms with Crippen LogP contribution in [0.1, 0.15) is 60.7 Å². The molecule has 3 nitrogen and oxygen atoms in total. The summed E-state index contributed by atoms with van der Waals surface area (Å²) in [5.41, 5.74) is 1.56. The van der Waals surface area contributed by atoms with Crippen LogP contribution in [0, 0.1) is 5.92 Å². The van der Waals surface area contributed by atoms with Gasteiger partial charge in [0.2, 0.25) is 0 Å². The molecule has 0 unspecified atom stereocenters. The molecule has 28 heavy (non-hydrogen) atoms. The first kappa shape index (κ1) is 22.2. The topological polar surface area (TPSA) is 43.4 Å². The molecule has 0 saturated carbocycles. The van der Waals surface area contributed by atoms with Gasteiger partial charge < -0.3 is 4.74 Å². The molecule has 0 aliphatic rings. The van der Waals surface area contributed by atoms with Gasteiger partial charge in [0.1, 0.15) is 0 Å². The molecule has 0 aromatic heterocycles. The molecule has 0 N–H and O–H groups in total. The quantitative estimate of drug-likeness (QED) is 0.320. The number of hydrogen-bond acceptors (Lipinski definition) is 4. The van der Waals surface area contributed by atoms with Crippen molar-refractivity contribution in [3.63, 3.8) is 0 Å². The number of ketones is 1. The van der Waals surface area contributed by atoms with Gasteiger partial charge in [-0.3, -0.25) is 9.59 Å². The van der Waals surface area contributed by atoms with E-state index in [2.05, 4.69) is 13.8 Å².